The number of fused-ring (bicyclic) bond motifs is 2. The van der Waals surface area contributed by atoms with Crippen LogP contribution in [0.15, 0.2) is 24.3 Å². The third kappa shape index (κ3) is 4.32. The number of allylic oxidation sites excluding steroid dienone is 2. The Hall–Kier alpha value is -3.30. The Kier molecular flexibility index (Phi) is 6.14. The van der Waals surface area contributed by atoms with Gasteiger partial charge in [-0.1, -0.05) is 12.2 Å². The van der Waals surface area contributed by atoms with Crippen LogP contribution in [0.3, 0.4) is 0 Å². The van der Waals surface area contributed by atoms with Crippen molar-refractivity contribution < 1.29 is 47.7 Å². The Morgan fingerprint density at radius 2 is 1.10 bits per heavy atom. The van der Waals surface area contributed by atoms with Crippen LogP contribution in [0, 0.1) is 23.7 Å². The molecular weight excluding hydrogens is 400 g/mol. The van der Waals surface area contributed by atoms with Crippen molar-refractivity contribution in [1.82, 2.24) is 0 Å². The molecule has 30 heavy (non-hydrogen) atoms. The number of hydrogen-bond acceptors (Lipinski definition) is 10. The molecule has 2 saturated heterocycles. The van der Waals surface area contributed by atoms with Crippen LogP contribution in [0.25, 0.3) is 0 Å². The summed E-state index contributed by atoms with van der Waals surface area (Å²) < 4.78 is 18.9. The van der Waals surface area contributed by atoms with Gasteiger partial charge in [0.15, 0.2) is 0 Å². The van der Waals surface area contributed by atoms with Gasteiger partial charge < -0.3 is 18.9 Å². The second-order valence-electron chi connectivity index (χ2n) is 7.22. The van der Waals surface area contributed by atoms with Gasteiger partial charge in [0, 0.05) is 13.8 Å². The van der Waals surface area contributed by atoms with Crippen molar-refractivity contribution in [2.75, 3.05) is 0 Å². The van der Waals surface area contributed by atoms with Gasteiger partial charge in [0.2, 0.25) is 0 Å². The molecule has 2 fully saturated rings. The first kappa shape index (κ1) is 21.4. The highest BCUT2D eigenvalue weighted by molar-refractivity contribution is 5.98. The minimum atomic E-state index is -0.666. The fourth-order valence-corrected chi connectivity index (χ4v) is 3.89. The van der Waals surface area contributed by atoms with Crippen molar-refractivity contribution in [3.8, 4) is 0 Å². The summed E-state index contributed by atoms with van der Waals surface area (Å²) in [7, 11) is 0. The molecular formula is C20H20O10. The second-order valence-corrected chi connectivity index (χ2v) is 7.22. The number of esters is 6. The molecule has 0 N–H and O–H groups in total. The molecule has 10 heteroatoms. The summed E-state index contributed by atoms with van der Waals surface area (Å²) in [6.07, 6.45) is 6.31. The predicted molar refractivity (Wildman–Crippen MR) is 94.8 cm³/mol. The fourth-order valence-electron chi connectivity index (χ4n) is 3.89. The van der Waals surface area contributed by atoms with E-state index in [4.69, 9.17) is 9.47 Å². The van der Waals surface area contributed by atoms with E-state index in [1.807, 2.05) is 0 Å². The van der Waals surface area contributed by atoms with Crippen molar-refractivity contribution >= 4 is 35.8 Å². The van der Waals surface area contributed by atoms with Gasteiger partial charge in [-0.15, -0.1) is 0 Å². The van der Waals surface area contributed by atoms with E-state index in [-0.39, 0.29) is 0 Å². The Morgan fingerprint density at radius 1 is 0.733 bits per heavy atom. The van der Waals surface area contributed by atoms with E-state index < -0.39 is 71.7 Å². The smallest absolute Gasteiger partial charge is 0.321 e. The van der Waals surface area contributed by atoms with E-state index in [1.54, 1.807) is 24.3 Å². The van der Waals surface area contributed by atoms with Gasteiger partial charge in [-0.25, -0.2) is 0 Å². The lowest BCUT2D eigenvalue weighted by Gasteiger charge is -2.23. The van der Waals surface area contributed by atoms with E-state index in [0.717, 1.165) is 0 Å². The largest absolute Gasteiger partial charge is 0.457 e. The van der Waals surface area contributed by atoms with Crippen LogP contribution < -0.4 is 0 Å². The second kappa shape index (κ2) is 8.60. The Morgan fingerprint density at radius 3 is 1.43 bits per heavy atom. The Labute approximate surface area is 171 Å². The number of carbonyl (C=O) groups is 6. The lowest BCUT2D eigenvalue weighted by atomic mass is 9.83. The maximum atomic E-state index is 11.3. The molecule has 0 spiro atoms. The Bertz CT molecular complexity index is 784. The van der Waals surface area contributed by atoms with E-state index in [2.05, 4.69) is 9.47 Å². The molecule has 0 aromatic heterocycles. The number of hydrogen-bond donors (Lipinski definition) is 0. The van der Waals surface area contributed by atoms with Crippen LogP contribution in [-0.2, 0) is 47.7 Å². The lowest BCUT2D eigenvalue weighted by Crippen LogP contribution is -2.34. The van der Waals surface area contributed by atoms with Crippen LogP contribution in [0.5, 0.6) is 0 Å². The third-order valence-electron chi connectivity index (χ3n) is 5.16. The van der Waals surface area contributed by atoms with E-state index >= 15 is 0 Å². The van der Waals surface area contributed by atoms with Crippen molar-refractivity contribution in [2.24, 2.45) is 23.7 Å². The van der Waals surface area contributed by atoms with Gasteiger partial charge in [0.25, 0.3) is 0 Å². The van der Waals surface area contributed by atoms with Crippen molar-refractivity contribution in [3.63, 3.8) is 0 Å². The number of rotatable bonds is 2. The maximum absolute atomic E-state index is 11.3. The molecule has 0 bridgehead atoms. The van der Waals surface area contributed by atoms with Gasteiger partial charge >= 0.3 is 35.8 Å². The molecule has 0 saturated carbocycles. The monoisotopic (exact) mass is 420 g/mol. The highest BCUT2D eigenvalue weighted by Gasteiger charge is 2.51. The first-order valence-corrected chi connectivity index (χ1v) is 9.38. The molecule has 0 aromatic rings. The van der Waals surface area contributed by atoms with Gasteiger partial charge in [0.05, 0.1) is 11.8 Å². The standard InChI is InChI=1S/2C10H10O5/c2*1-5(11)14-7-4-2-3-6-8(7)10(13)15-9(6)12/h2*2,4,6-8H,3H2,1H3/t2*6-,7+,8-/m10/s1. The van der Waals surface area contributed by atoms with Crippen LogP contribution >= 0.6 is 0 Å². The zero-order chi connectivity index (χ0) is 22.0. The third-order valence-corrected chi connectivity index (χ3v) is 5.16. The number of carbonyl (C=O) groups excluding carboxylic acids is 6. The van der Waals surface area contributed by atoms with Gasteiger partial charge in [0.1, 0.15) is 24.0 Å². The molecule has 0 radical (unpaired) electrons. The summed E-state index contributed by atoms with van der Waals surface area (Å²) in [4.78, 5) is 66.7. The minimum absolute atomic E-state index is 0.465. The normalized spacial score (nSPS) is 33.5. The fraction of sp³-hybridized carbons (Fsp3) is 0.500. The number of ether oxygens (including phenoxy) is 4. The highest BCUT2D eigenvalue weighted by Crippen LogP contribution is 2.36. The molecule has 0 aromatic carbocycles. The SMILES string of the molecule is CC(=O)O[C@@H]1C=CC[C@@H]2C(=O)OC(=O)[C@@H]21.CC(=O)O[C@H]1C=CC[C@H]2C(=O)OC(=O)[C@@H]12. The van der Waals surface area contributed by atoms with Crippen LogP contribution in [-0.4, -0.2) is 48.0 Å². The summed E-state index contributed by atoms with van der Waals surface area (Å²) in [6.45, 7) is 2.53. The van der Waals surface area contributed by atoms with Gasteiger partial charge in [-0.05, 0) is 25.0 Å². The van der Waals surface area contributed by atoms with Crippen molar-refractivity contribution in [2.45, 2.75) is 38.9 Å². The van der Waals surface area contributed by atoms with Crippen LogP contribution in [0.4, 0.5) is 0 Å². The Balaban J connectivity index is 0.000000171. The quantitative estimate of drug-likeness (QED) is 0.267. The summed E-state index contributed by atoms with van der Waals surface area (Å²) in [5.41, 5.74) is 0. The van der Waals surface area contributed by atoms with Crippen LogP contribution in [0.2, 0.25) is 0 Å². The summed E-state index contributed by atoms with van der Waals surface area (Å²) in [5, 5.41) is 0. The summed E-state index contributed by atoms with van der Waals surface area (Å²) in [5.74, 6) is -5.49. The molecule has 2 aliphatic carbocycles. The molecule has 6 atom stereocenters. The van der Waals surface area contributed by atoms with E-state index in [0.29, 0.717) is 12.8 Å². The molecule has 2 aliphatic heterocycles. The maximum Gasteiger partial charge on any atom is 0.321 e. The molecule has 4 aliphatic rings. The predicted octanol–water partition coefficient (Wildman–Crippen LogP) is 0.388. The number of cyclic esters (lactones) is 4. The molecule has 2 heterocycles. The topological polar surface area (TPSA) is 139 Å². The first-order valence-electron chi connectivity index (χ1n) is 9.38. The average molecular weight is 420 g/mol. The highest BCUT2D eigenvalue weighted by atomic mass is 16.6. The molecule has 0 unspecified atom stereocenters. The summed E-state index contributed by atoms with van der Waals surface area (Å²) >= 11 is 0. The summed E-state index contributed by atoms with van der Waals surface area (Å²) in [6, 6.07) is 0. The molecule has 10 nitrogen and oxygen atoms in total. The van der Waals surface area contributed by atoms with Gasteiger partial charge in [-0.3, -0.25) is 28.8 Å². The first-order chi connectivity index (χ1) is 14.2. The molecule has 160 valence electrons. The molecule has 0 amide bonds. The van der Waals surface area contributed by atoms with Crippen LogP contribution in [0.1, 0.15) is 26.7 Å². The minimum Gasteiger partial charge on any atom is -0.457 e. The lowest BCUT2D eigenvalue weighted by molar-refractivity contribution is -0.158. The van der Waals surface area contributed by atoms with E-state index in [1.165, 1.54) is 13.8 Å². The molecule has 4 rings (SSSR count). The average Bonchev–Trinajstić information content (AvgIpc) is 3.12. The zero-order valence-corrected chi connectivity index (χ0v) is 16.3. The van der Waals surface area contributed by atoms with E-state index in [9.17, 15) is 28.8 Å². The zero-order valence-electron chi connectivity index (χ0n) is 16.3. The van der Waals surface area contributed by atoms with Crippen molar-refractivity contribution in [1.29, 1.82) is 0 Å². The van der Waals surface area contributed by atoms with Crippen molar-refractivity contribution in [3.05, 3.63) is 24.3 Å². The van der Waals surface area contributed by atoms with Gasteiger partial charge in [-0.2, -0.15) is 0 Å².